The quantitative estimate of drug-likeness (QED) is 0.704. The molecular formula is C13H18N2. The molecule has 0 bridgehead atoms. The fourth-order valence-corrected chi connectivity index (χ4v) is 1.91. The van der Waals surface area contributed by atoms with E-state index in [1.54, 1.807) is 0 Å². The van der Waals surface area contributed by atoms with Crippen molar-refractivity contribution < 1.29 is 0 Å². The average molecular weight is 202 g/mol. The number of nitriles is 1. The molecule has 1 aromatic carbocycles. The fourth-order valence-electron chi connectivity index (χ4n) is 1.91. The second-order valence-corrected chi connectivity index (χ2v) is 4.21. The van der Waals surface area contributed by atoms with Gasteiger partial charge in [-0.25, -0.2) is 0 Å². The summed E-state index contributed by atoms with van der Waals surface area (Å²) in [5, 5.41) is 8.61. The molecule has 0 N–H and O–H groups in total. The topological polar surface area (TPSA) is 27.0 Å². The summed E-state index contributed by atoms with van der Waals surface area (Å²) in [6.45, 7) is 7.71. The summed E-state index contributed by atoms with van der Waals surface area (Å²) in [5.41, 5.74) is 5.28. The second kappa shape index (κ2) is 4.95. The minimum Gasteiger partial charge on any atom is -0.289 e. The summed E-state index contributed by atoms with van der Waals surface area (Å²) in [6.07, 6.45) is 0. The molecule has 0 heterocycles. The highest BCUT2D eigenvalue weighted by molar-refractivity contribution is 5.37. The Labute approximate surface area is 92.1 Å². The van der Waals surface area contributed by atoms with E-state index in [0.717, 1.165) is 6.54 Å². The molecule has 0 aliphatic rings. The lowest BCUT2D eigenvalue weighted by atomic mass is 9.99. The third-order valence-corrected chi connectivity index (χ3v) is 2.61. The van der Waals surface area contributed by atoms with Gasteiger partial charge in [-0.05, 0) is 44.5 Å². The van der Waals surface area contributed by atoms with E-state index in [9.17, 15) is 0 Å². The van der Waals surface area contributed by atoms with Gasteiger partial charge in [0, 0.05) is 6.54 Å². The molecule has 80 valence electrons. The Hall–Kier alpha value is -1.33. The van der Waals surface area contributed by atoms with E-state index in [0.29, 0.717) is 6.54 Å². The van der Waals surface area contributed by atoms with Crippen molar-refractivity contribution in [2.75, 3.05) is 13.6 Å². The van der Waals surface area contributed by atoms with Crippen molar-refractivity contribution in [1.82, 2.24) is 4.90 Å². The number of benzene rings is 1. The van der Waals surface area contributed by atoms with Crippen molar-refractivity contribution in [3.05, 3.63) is 34.4 Å². The van der Waals surface area contributed by atoms with E-state index in [1.807, 2.05) is 11.9 Å². The highest BCUT2D eigenvalue weighted by atomic mass is 15.1. The van der Waals surface area contributed by atoms with Crippen LogP contribution < -0.4 is 0 Å². The van der Waals surface area contributed by atoms with Gasteiger partial charge in [-0.15, -0.1) is 0 Å². The summed E-state index contributed by atoms with van der Waals surface area (Å²) in [7, 11) is 1.97. The van der Waals surface area contributed by atoms with Crippen LogP contribution in [-0.2, 0) is 6.54 Å². The first kappa shape index (κ1) is 11.7. The zero-order valence-corrected chi connectivity index (χ0v) is 9.96. The second-order valence-electron chi connectivity index (χ2n) is 4.21. The smallest absolute Gasteiger partial charge is 0.0866 e. The molecule has 0 aliphatic heterocycles. The van der Waals surface area contributed by atoms with Crippen molar-refractivity contribution in [3.63, 3.8) is 0 Å². The molecule has 2 heteroatoms. The van der Waals surface area contributed by atoms with Gasteiger partial charge in [-0.3, -0.25) is 4.90 Å². The molecule has 0 spiro atoms. The largest absolute Gasteiger partial charge is 0.289 e. The minimum atomic E-state index is 0.479. The van der Waals surface area contributed by atoms with Crippen molar-refractivity contribution in [1.29, 1.82) is 5.26 Å². The van der Waals surface area contributed by atoms with Crippen LogP contribution in [0.1, 0.15) is 22.3 Å². The van der Waals surface area contributed by atoms with Crippen molar-refractivity contribution >= 4 is 0 Å². The predicted octanol–water partition coefficient (Wildman–Crippen LogP) is 2.57. The fraction of sp³-hybridized carbons (Fsp3) is 0.462. The molecule has 0 saturated heterocycles. The molecule has 2 nitrogen and oxygen atoms in total. The van der Waals surface area contributed by atoms with Crippen LogP contribution in [0.3, 0.4) is 0 Å². The lowest BCUT2D eigenvalue weighted by Crippen LogP contribution is -2.19. The number of hydrogen-bond acceptors (Lipinski definition) is 2. The van der Waals surface area contributed by atoms with E-state index in [4.69, 9.17) is 5.26 Å². The van der Waals surface area contributed by atoms with Crippen LogP contribution in [0.4, 0.5) is 0 Å². The maximum atomic E-state index is 8.61. The van der Waals surface area contributed by atoms with Gasteiger partial charge in [0.1, 0.15) is 0 Å². The standard InChI is InChI=1S/C13H18N2/c1-10-7-11(2)13(12(3)8-10)9-15(4)6-5-14/h7-8H,6,9H2,1-4H3. The summed E-state index contributed by atoms with van der Waals surface area (Å²) in [6, 6.07) is 6.56. The Balaban J connectivity index is 2.91. The number of nitrogens with zero attached hydrogens (tertiary/aromatic N) is 2. The highest BCUT2D eigenvalue weighted by Gasteiger charge is 2.06. The van der Waals surface area contributed by atoms with Gasteiger partial charge in [0.25, 0.3) is 0 Å². The van der Waals surface area contributed by atoms with E-state index < -0.39 is 0 Å². The van der Waals surface area contributed by atoms with E-state index in [2.05, 4.69) is 39.0 Å². The number of aryl methyl sites for hydroxylation is 3. The third kappa shape index (κ3) is 3.07. The molecule has 0 saturated carbocycles. The molecule has 0 unspecified atom stereocenters. The van der Waals surface area contributed by atoms with Crippen LogP contribution >= 0.6 is 0 Å². The third-order valence-electron chi connectivity index (χ3n) is 2.61. The van der Waals surface area contributed by atoms with Crippen LogP contribution in [0.15, 0.2) is 12.1 Å². The Morgan fingerprint density at radius 3 is 2.20 bits per heavy atom. The first-order valence-corrected chi connectivity index (χ1v) is 5.17. The number of hydrogen-bond donors (Lipinski definition) is 0. The van der Waals surface area contributed by atoms with Crippen LogP contribution in [-0.4, -0.2) is 18.5 Å². The first-order valence-electron chi connectivity index (χ1n) is 5.17. The number of rotatable bonds is 3. The minimum absolute atomic E-state index is 0.479. The van der Waals surface area contributed by atoms with Gasteiger partial charge < -0.3 is 0 Å². The van der Waals surface area contributed by atoms with Gasteiger partial charge >= 0.3 is 0 Å². The van der Waals surface area contributed by atoms with Crippen molar-refractivity contribution in [3.8, 4) is 6.07 Å². The van der Waals surface area contributed by atoms with Gasteiger partial charge in [-0.2, -0.15) is 5.26 Å². The maximum Gasteiger partial charge on any atom is 0.0866 e. The normalized spacial score (nSPS) is 10.4. The SMILES string of the molecule is Cc1cc(C)c(CN(C)CC#N)c(C)c1. The van der Waals surface area contributed by atoms with Crippen molar-refractivity contribution in [2.45, 2.75) is 27.3 Å². The van der Waals surface area contributed by atoms with Gasteiger partial charge in [-0.1, -0.05) is 17.7 Å². The molecular weight excluding hydrogens is 184 g/mol. The monoisotopic (exact) mass is 202 g/mol. The lowest BCUT2D eigenvalue weighted by Gasteiger charge is -2.17. The Morgan fingerprint density at radius 1 is 1.20 bits per heavy atom. The Bertz CT molecular complexity index is 365. The zero-order chi connectivity index (χ0) is 11.4. The van der Waals surface area contributed by atoms with Crippen molar-refractivity contribution in [2.24, 2.45) is 0 Å². The molecule has 0 aromatic heterocycles. The molecule has 1 aromatic rings. The predicted molar refractivity (Wildman–Crippen MR) is 62.6 cm³/mol. The summed E-state index contributed by atoms with van der Waals surface area (Å²) < 4.78 is 0. The molecule has 15 heavy (non-hydrogen) atoms. The van der Waals surface area contributed by atoms with Crippen LogP contribution in [0, 0.1) is 32.1 Å². The van der Waals surface area contributed by atoms with Gasteiger partial charge in [0.15, 0.2) is 0 Å². The van der Waals surface area contributed by atoms with Crippen LogP contribution in [0.2, 0.25) is 0 Å². The van der Waals surface area contributed by atoms with Crippen LogP contribution in [0.25, 0.3) is 0 Å². The Kier molecular flexibility index (Phi) is 3.88. The van der Waals surface area contributed by atoms with Gasteiger partial charge in [0.2, 0.25) is 0 Å². The summed E-state index contributed by atoms with van der Waals surface area (Å²) >= 11 is 0. The first-order chi connectivity index (χ1) is 7.04. The average Bonchev–Trinajstić information content (AvgIpc) is 2.11. The molecule has 0 atom stereocenters. The molecule has 0 amide bonds. The maximum absolute atomic E-state index is 8.61. The molecule has 1 rings (SSSR count). The Morgan fingerprint density at radius 2 is 1.73 bits per heavy atom. The van der Waals surface area contributed by atoms with E-state index >= 15 is 0 Å². The molecule has 0 fully saturated rings. The summed E-state index contributed by atoms with van der Waals surface area (Å²) in [4.78, 5) is 2.03. The van der Waals surface area contributed by atoms with E-state index in [-0.39, 0.29) is 0 Å². The van der Waals surface area contributed by atoms with Gasteiger partial charge in [0.05, 0.1) is 12.6 Å². The highest BCUT2D eigenvalue weighted by Crippen LogP contribution is 2.17. The van der Waals surface area contributed by atoms with E-state index in [1.165, 1.54) is 22.3 Å². The summed E-state index contributed by atoms with van der Waals surface area (Å²) in [5.74, 6) is 0. The lowest BCUT2D eigenvalue weighted by molar-refractivity contribution is 0.366. The zero-order valence-electron chi connectivity index (χ0n) is 9.96. The van der Waals surface area contributed by atoms with Crippen LogP contribution in [0.5, 0.6) is 0 Å². The molecule has 0 radical (unpaired) electrons. The molecule has 0 aliphatic carbocycles.